The monoisotopic (exact) mass is 166 g/mol. The van der Waals surface area contributed by atoms with Gasteiger partial charge in [-0.05, 0) is 25.2 Å². The zero-order chi connectivity index (χ0) is 8.65. The molecule has 1 aliphatic rings. The van der Waals surface area contributed by atoms with Gasteiger partial charge in [0, 0.05) is 0 Å². The Kier molecular flexibility index (Phi) is 5.47. The van der Waals surface area contributed by atoms with Gasteiger partial charge < -0.3 is 0 Å². The van der Waals surface area contributed by atoms with Gasteiger partial charge in [-0.1, -0.05) is 51.9 Å². The summed E-state index contributed by atoms with van der Waals surface area (Å²) in [6, 6.07) is 0. The molecule has 1 rings (SSSR count). The highest BCUT2D eigenvalue weighted by atomic mass is 14.2. The Balaban J connectivity index is 1.81. The molecule has 1 saturated carbocycles. The Hall–Kier alpha value is 0. The fourth-order valence-corrected chi connectivity index (χ4v) is 2.03. The minimum absolute atomic E-state index is 1.12. The summed E-state index contributed by atoms with van der Waals surface area (Å²) in [4.78, 5) is 0. The first kappa shape index (κ1) is 10.1. The molecule has 70 valence electrons. The number of unbranched alkanes of at least 4 members (excludes halogenated alkanes) is 4. The molecule has 0 aromatic rings. The fraction of sp³-hybridized carbons (Fsp3) is 0.833. The van der Waals surface area contributed by atoms with Crippen LogP contribution in [0.5, 0.6) is 0 Å². The zero-order valence-electron chi connectivity index (χ0n) is 8.28. The molecule has 1 aliphatic carbocycles. The lowest BCUT2D eigenvalue weighted by molar-refractivity contribution is 0.609. The third-order valence-corrected chi connectivity index (χ3v) is 2.84. The number of hydrogen-bond acceptors (Lipinski definition) is 0. The van der Waals surface area contributed by atoms with Crippen LogP contribution in [0.25, 0.3) is 0 Å². The average molecular weight is 166 g/mol. The first-order valence-corrected chi connectivity index (χ1v) is 5.56. The minimum atomic E-state index is 1.12. The van der Waals surface area contributed by atoms with Crippen LogP contribution in [0.4, 0.5) is 0 Å². The normalized spacial score (nSPS) is 18.8. The van der Waals surface area contributed by atoms with Crippen LogP contribution in [0.15, 0.2) is 0 Å². The molecule has 12 heavy (non-hydrogen) atoms. The lowest BCUT2D eigenvalue weighted by Gasteiger charge is -2.06. The second-order valence-electron chi connectivity index (χ2n) is 3.97. The first-order valence-electron chi connectivity index (χ1n) is 5.56. The second-order valence-corrected chi connectivity index (χ2v) is 3.97. The molecule has 0 bridgehead atoms. The van der Waals surface area contributed by atoms with Gasteiger partial charge in [-0.25, -0.2) is 0 Å². The molecule has 0 saturated heterocycles. The van der Waals surface area contributed by atoms with E-state index in [1.807, 2.05) is 5.92 Å². The van der Waals surface area contributed by atoms with Gasteiger partial charge in [0.05, 0.1) is 0 Å². The summed E-state index contributed by atoms with van der Waals surface area (Å²) in [7, 11) is 0. The Labute approximate surface area is 77.7 Å². The molecule has 0 aliphatic heterocycles. The van der Waals surface area contributed by atoms with Gasteiger partial charge in [0.1, 0.15) is 0 Å². The van der Waals surface area contributed by atoms with Crippen LogP contribution in [0.3, 0.4) is 0 Å². The number of hydrogen-bond donors (Lipinski definition) is 0. The highest BCUT2D eigenvalue weighted by Crippen LogP contribution is 2.31. The fourth-order valence-electron chi connectivity index (χ4n) is 2.03. The highest BCUT2D eigenvalue weighted by molar-refractivity contribution is 4.93. The summed E-state index contributed by atoms with van der Waals surface area (Å²) >= 11 is 0. The van der Waals surface area contributed by atoms with Gasteiger partial charge in [-0.15, -0.1) is 0 Å². The van der Waals surface area contributed by atoms with E-state index in [9.17, 15) is 0 Å². The third kappa shape index (κ3) is 4.13. The summed E-state index contributed by atoms with van der Waals surface area (Å²) in [5.41, 5.74) is 0. The van der Waals surface area contributed by atoms with E-state index >= 15 is 0 Å². The van der Waals surface area contributed by atoms with Crippen molar-refractivity contribution in [3.8, 4) is 0 Å². The van der Waals surface area contributed by atoms with Gasteiger partial charge in [-0.2, -0.15) is 0 Å². The highest BCUT2D eigenvalue weighted by Gasteiger charge is 2.14. The Bertz CT molecular complexity index is 90.2. The lowest BCUT2D eigenvalue weighted by atomic mass is 9.99. The largest absolute Gasteiger partial charge is 0.0533 e. The van der Waals surface area contributed by atoms with Crippen molar-refractivity contribution in [2.24, 2.45) is 0 Å². The average Bonchev–Trinajstić information content (AvgIpc) is 2.57. The predicted molar refractivity (Wildman–Crippen MR) is 54.8 cm³/mol. The molecule has 2 radical (unpaired) electrons. The number of rotatable bonds is 6. The standard InChI is InChI=1S/C12H22/c1-2-3-4-5-6-9-12-10-7-8-11-12/h1-11H2. The maximum atomic E-state index is 3.86. The van der Waals surface area contributed by atoms with Crippen LogP contribution in [-0.4, -0.2) is 0 Å². The summed E-state index contributed by atoms with van der Waals surface area (Å²) in [5, 5.41) is 0. The van der Waals surface area contributed by atoms with Crippen molar-refractivity contribution in [3.63, 3.8) is 0 Å². The maximum absolute atomic E-state index is 3.86. The predicted octanol–water partition coefficient (Wildman–Crippen LogP) is 4.31. The van der Waals surface area contributed by atoms with Crippen LogP contribution in [0, 0.1) is 12.8 Å². The molecule has 0 nitrogen and oxygen atoms in total. The van der Waals surface area contributed by atoms with Crippen LogP contribution in [0.2, 0.25) is 0 Å². The molecule has 0 heteroatoms. The maximum Gasteiger partial charge on any atom is -0.0241 e. The van der Waals surface area contributed by atoms with Crippen LogP contribution in [-0.2, 0) is 0 Å². The van der Waals surface area contributed by atoms with Gasteiger partial charge in [0.15, 0.2) is 0 Å². The van der Waals surface area contributed by atoms with Gasteiger partial charge >= 0.3 is 0 Å². The van der Waals surface area contributed by atoms with Crippen molar-refractivity contribution >= 4 is 0 Å². The van der Waals surface area contributed by atoms with E-state index in [1.165, 1.54) is 57.8 Å². The van der Waals surface area contributed by atoms with Crippen molar-refractivity contribution in [3.05, 3.63) is 12.8 Å². The van der Waals surface area contributed by atoms with Crippen molar-refractivity contribution in [1.29, 1.82) is 0 Å². The minimum Gasteiger partial charge on any atom is -0.0533 e. The quantitative estimate of drug-likeness (QED) is 0.516. The van der Waals surface area contributed by atoms with E-state index in [0.29, 0.717) is 0 Å². The molecule has 0 aromatic heterocycles. The van der Waals surface area contributed by atoms with E-state index in [2.05, 4.69) is 6.92 Å². The molecule has 0 spiro atoms. The smallest absolute Gasteiger partial charge is 0.0241 e. The van der Waals surface area contributed by atoms with Gasteiger partial charge in [-0.3, -0.25) is 0 Å². The molecular formula is C12H22. The summed E-state index contributed by atoms with van der Waals surface area (Å²) in [6.07, 6.45) is 14.0. The molecule has 0 aromatic carbocycles. The van der Waals surface area contributed by atoms with Crippen LogP contribution < -0.4 is 0 Å². The summed E-state index contributed by atoms with van der Waals surface area (Å²) < 4.78 is 0. The van der Waals surface area contributed by atoms with E-state index in [-0.39, 0.29) is 0 Å². The zero-order valence-corrected chi connectivity index (χ0v) is 8.28. The molecule has 1 fully saturated rings. The van der Waals surface area contributed by atoms with E-state index in [1.54, 1.807) is 0 Å². The molecule has 0 N–H and O–H groups in total. The van der Waals surface area contributed by atoms with Crippen molar-refractivity contribution in [1.82, 2.24) is 0 Å². The molecular weight excluding hydrogens is 144 g/mol. The Morgan fingerprint density at radius 3 is 2.25 bits per heavy atom. The van der Waals surface area contributed by atoms with Crippen molar-refractivity contribution in [2.45, 2.75) is 64.2 Å². The summed E-state index contributed by atoms with van der Waals surface area (Å²) in [5.74, 6) is 1.85. The SMILES string of the molecule is [CH2]CCCCCC[C]1CCCC1. The third-order valence-electron chi connectivity index (χ3n) is 2.84. The lowest BCUT2D eigenvalue weighted by Crippen LogP contribution is -1.89. The molecule has 0 heterocycles. The molecule has 0 atom stereocenters. The van der Waals surface area contributed by atoms with E-state index in [0.717, 1.165) is 6.42 Å². The van der Waals surface area contributed by atoms with Crippen LogP contribution in [0.1, 0.15) is 64.2 Å². The Morgan fingerprint density at radius 2 is 1.58 bits per heavy atom. The molecule has 0 unspecified atom stereocenters. The van der Waals surface area contributed by atoms with Crippen molar-refractivity contribution < 1.29 is 0 Å². The van der Waals surface area contributed by atoms with Gasteiger partial charge in [0.25, 0.3) is 0 Å². The van der Waals surface area contributed by atoms with E-state index < -0.39 is 0 Å². The van der Waals surface area contributed by atoms with Crippen molar-refractivity contribution in [2.75, 3.05) is 0 Å². The summed E-state index contributed by atoms with van der Waals surface area (Å²) in [6.45, 7) is 3.86. The molecule has 0 amide bonds. The van der Waals surface area contributed by atoms with Gasteiger partial charge in [0.2, 0.25) is 0 Å². The topological polar surface area (TPSA) is 0 Å². The van der Waals surface area contributed by atoms with E-state index in [4.69, 9.17) is 0 Å². The first-order chi connectivity index (χ1) is 5.93. The Morgan fingerprint density at radius 1 is 0.917 bits per heavy atom. The second kappa shape index (κ2) is 6.51. The van der Waals surface area contributed by atoms with Crippen LogP contribution >= 0.6 is 0 Å².